The summed E-state index contributed by atoms with van der Waals surface area (Å²) in [6, 6.07) is 8.64. The van der Waals surface area contributed by atoms with E-state index < -0.39 is 0 Å². The van der Waals surface area contributed by atoms with E-state index in [4.69, 9.17) is 5.73 Å². The molecule has 2 aromatic rings. The molecule has 0 aliphatic carbocycles. The van der Waals surface area contributed by atoms with Crippen LogP contribution < -0.4 is 11.1 Å². The predicted molar refractivity (Wildman–Crippen MR) is 75.5 cm³/mol. The summed E-state index contributed by atoms with van der Waals surface area (Å²) in [5, 5.41) is 2.76. The Hall–Kier alpha value is -1.88. The van der Waals surface area contributed by atoms with Crippen molar-refractivity contribution >= 4 is 33.3 Å². The molecule has 92 valence electrons. The zero-order chi connectivity index (χ0) is 13.1. The highest BCUT2D eigenvalue weighted by Crippen LogP contribution is 2.17. The zero-order valence-electron chi connectivity index (χ0n) is 9.77. The van der Waals surface area contributed by atoms with E-state index in [1.54, 1.807) is 30.5 Å². The van der Waals surface area contributed by atoms with Crippen molar-refractivity contribution in [1.29, 1.82) is 0 Å². The van der Waals surface area contributed by atoms with Gasteiger partial charge in [-0.25, -0.2) is 4.98 Å². The molecule has 4 nitrogen and oxygen atoms in total. The normalized spacial score (nSPS) is 10.1. The molecule has 2 rings (SSSR count). The lowest BCUT2D eigenvalue weighted by Gasteiger charge is -2.07. The Kier molecular flexibility index (Phi) is 3.62. The molecule has 0 aliphatic rings. The minimum Gasteiger partial charge on any atom is -0.399 e. The second kappa shape index (κ2) is 5.18. The van der Waals surface area contributed by atoms with Gasteiger partial charge in [0.2, 0.25) is 0 Å². The smallest absolute Gasteiger partial charge is 0.256 e. The summed E-state index contributed by atoms with van der Waals surface area (Å²) in [5.74, 6) is 0.355. The van der Waals surface area contributed by atoms with Crippen molar-refractivity contribution in [3.8, 4) is 0 Å². The average Bonchev–Trinajstić information content (AvgIpc) is 2.33. The highest BCUT2D eigenvalue weighted by atomic mass is 79.9. The lowest BCUT2D eigenvalue weighted by Crippen LogP contribution is -2.13. The maximum absolute atomic E-state index is 12.0. The van der Waals surface area contributed by atoms with Crippen LogP contribution in [0, 0.1) is 6.92 Å². The molecule has 0 unspecified atom stereocenters. The number of carbonyl (C=O) groups excluding carboxylic acids is 1. The largest absolute Gasteiger partial charge is 0.399 e. The van der Waals surface area contributed by atoms with Gasteiger partial charge in [0.25, 0.3) is 5.91 Å². The Morgan fingerprint density at radius 1 is 1.33 bits per heavy atom. The number of nitrogens with one attached hydrogen (secondary N) is 1. The Labute approximate surface area is 113 Å². The molecule has 0 bridgehead atoms. The highest BCUT2D eigenvalue weighted by molar-refractivity contribution is 9.10. The standard InChI is InChI=1S/C13H12BrN3O/c1-8-6-10(14)7-16-12(8)17-13(18)9-2-4-11(15)5-3-9/h2-7H,15H2,1H3,(H,16,17,18). The van der Waals surface area contributed by atoms with Gasteiger partial charge in [-0.3, -0.25) is 4.79 Å². The summed E-state index contributed by atoms with van der Waals surface area (Å²) in [6.07, 6.45) is 1.64. The fraction of sp³-hybridized carbons (Fsp3) is 0.0769. The van der Waals surface area contributed by atoms with Gasteiger partial charge in [0.05, 0.1) is 0 Å². The summed E-state index contributed by atoms with van der Waals surface area (Å²) in [7, 11) is 0. The molecule has 5 heteroatoms. The topological polar surface area (TPSA) is 68.0 Å². The van der Waals surface area contributed by atoms with Crippen molar-refractivity contribution in [2.24, 2.45) is 0 Å². The first-order valence-electron chi connectivity index (χ1n) is 5.35. The number of nitrogens with zero attached hydrogens (tertiary/aromatic N) is 1. The molecular formula is C13H12BrN3O. The van der Waals surface area contributed by atoms with Gasteiger partial charge in [0, 0.05) is 21.9 Å². The van der Waals surface area contributed by atoms with E-state index in [1.165, 1.54) is 0 Å². The fourth-order valence-corrected chi connectivity index (χ4v) is 1.93. The van der Waals surface area contributed by atoms with E-state index in [2.05, 4.69) is 26.2 Å². The summed E-state index contributed by atoms with van der Waals surface area (Å²) >= 11 is 3.33. The van der Waals surface area contributed by atoms with Crippen LogP contribution in [0.1, 0.15) is 15.9 Å². The highest BCUT2D eigenvalue weighted by Gasteiger charge is 2.08. The summed E-state index contributed by atoms with van der Waals surface area (Å²) in [4.78, 5) is 16.1. The van der Waals surface area contributed by atoms with E-state index >= 15 is 0 Å². The van der Waals surface area contributed by atoms with Gasteiger partial charge in [-0.15, -0.1) is 0 Å². The van der Waals surface area contributed by atoms with Crippen LogP contribution in [0.5, 0.6) is 0 Å². The lowest BCUT2D eigenvalue weighted by atomic mass is 10.2. The van der Waals surface area contributed by atoms with Gasteiger partial charge in [-0.05, 0) is 58.7 Å². The van der Waals surface area contributed by atoms with Crippen LogP contribution in [-0.2, 0) is 0 Å². The van der Waals surface area contributed by atoms with Gasteiger partial charge in [0.1, 0.15) is 5.82 Å². The predicted octanol–water partition coefficient (Wildman–Crippen LogP) is 2.99. The molecule has 0 saturated carbocycles. The number of nitrogen functional groups attached to an aromatic ring is 1. The number of aryl methyl sites for hydroxylation is 1. The number of aromatic nitrogens is 1. The molecule has 0 saturated heterocycles. The molecule has 18 heavy (non-hydrogen) atoms. The molecule has 0 atom stereocenters. The van der Waals surface area contributed by atoms with Crippen LogP contribution in [0.4, 0.5) is 11.5 Å². The van der Waals surface area contributed by atoms with Crippen LogP contribution >= 0.6 is 15.9 Å². The second-order valence-corrected chi connectivity index (χ2v) is 4.81. The number of carbonyl (C=O) groups is 1. The maximum atomic E-state index is 12.0. The van der Waals surface area contributed by atoms with Crippen molar-refractivity contribution in [2.45, 2.75) is 6.92 Å². The van der Waals surface area contributed by atoms with E-state index in [-0.39, 0.29) is 5.91 Å². The van der Waals surface area contributed by atoms with Crippen LogP contribution in [0.25, 0.3) is 0 Å². The van der Waals surface area contributed by atoms with E-state index in [0.717, 1.165) is 10.0 Å². The van der Waals surface area contributed by atoms with Crippen LogP contribution in [-0.4, -0.2) is 10.9 Å². The lowest BCUT2D eigenvalue weighted by molar-refractivity contribution is 0.102. The van der Waals surface area contributed by atoms with E-state index in [9.17, 15) is 4.79 Å². The van der Waals surface area contributed by atoms with Gasteiger partial charge in [0.15, 0.2) is 0 Å². The molecule has 3 N–H and O–H groups in total. The molecular weight excluding hydrogens is 294 g/mol. The number of rotatable bonds is 2. The fourth-order valence-electron chi connectivity index (χ4n) is 1.49. The molecule has 0 fully saturated rings. The van der Waals surface area contributed by atoms with Crippen molar-refractivity contribution in [3.05, 3.63) is 52.1 Å². The van der Waals surface area contributed by atoms with Crippen LogP contribution in [0.3, 0.4) is 0 Å². The van der Waals surface area contributed by atoms with Crippen molar-refractivity contribution in [2.75, 3.05) is 11.1 Å². The number of hydrogen-bond donors (Lipinski definition) is 2. The molecule has 0 radical (unpaired) electrons. The van der Waals surface area contributed by atoms with Crippen molar-refractivity contribution < 1.29 is 4.79 Å². The van der Waals surface area contributed by atoms with Crippen LogP contribution in [0.15, 0.2) is 41.0 Å². The number of pyridine rings is 1. The number of amides is 1. The van der Waals surface area contributed by atoms with Crippen LogP contribution in [0.2, 0.25) is 0 Å². The van der Waals surface area contributed by atoms with Gasteiger partial charge < -0.3 is 11.1 Å². The molecule has 1 aromatic heterocycles. The monoisotopic (exact) mass is 305 g/mol. The Bertz CT molecular complexity index is 581. The van der Waals surface area contributed by atoms with Gasteiger partial charge >= 0.3 is 0 Å². The third kappa shape index (κ3) is 2.87. The summed E-state index contributed by atoms with van der Waals surface area (Å²) in [5.41, 5.74) is 7.65. The minimum absolute atomic E-state index is 0.201. The first kappa shape index (κ1) is 12.6. The minimum atomic E-state index is -0.201. The molecule has 1 amide bonds. The second-order valence-electron chi connectivity index (χ2n) is 3.90. The number of hydrogen-bond acceptors (Lipinski definition) is 3. The summed E-state index contributed by atoms with van der Waals surface area (Å²) < 4.78 is 0.880. The zero-order valence-corrected chi connectivity index (χ0v) is 11.4. The third-order valence-electron chi connectivity index (χ3n) is 2.45. The Balaban J connectivity index is 2.18. The van der Waals surface area contributed by atoms with Crippen molar-refractivity contribution in [3.63, 3.8) is 0 Å². The quantitative estimate of drug-likeness (QED) is 0.838. The Morgan fingerprint density at radius 2 is 2.00 bits per heavy atom. The number of benzene rings is 1. The summed E-state index contributed by atoms with van der Waals surface area (Å²) in [6.45, 7) is 1.89. The molecule has 1 heterocycles. The van der Waals surface area contributed by atoms with Crippen molar-refractivity contribution in [1.82, 2.24) is 4.98 Å². The molecule has 1 aromatic carbocycles. The number of nitrogens with two attached hydrogens (primary N) is 1. The van der Waals surface area contributed by atoms with E-state index in [1.807, 2.05) is 13.0 Å². The maximum Gasteiger partial charge on any atom is 0.256 e. The number of halogens is 1. The molecule has 0 aliphatic heterocycles. The number of anilines is 2. The molecule has 0 spiro atoms. The first-order valence-corrected chi connectivity index (χ1v) is 6.14. The Morgan fingerprint density at radius 3 is 2.61 bits per heavy atom. The first-order chi connectivity index (χ1) is 8.56. The van der Waals surface area contributed by atoms with Gasteiger partial charge in [-0.2, -0.15) is 0 Å². The van der Waals surface area contributed by atoms with Gasteiger partial charge in [-0.1, -0.05) is 0 Å². The third-order valence-corrected chi connectivity index (χ3v) is 2.88. The van der Waals surface area contributed by atoms with E-state index in [0.29, 0.717) is 17.1 Å². The average molecular weight is 306 g/mol. The SMILES string of the molecule is Cc1cc(Br)cnc1NC(=O)c1ccc(N)cc1.